The molecule has 4 N–H and O–H groups in total. The standard InChI is InChI=1S/C16H24N2O2/c1-2-5-14-6-3-4-7-16(14)20-13-15(19)12-18-10-8-17-9-11-18/h2-4,6-7,15,17,19H,1,5,8-13H2/p+2/t15-/m1/s1. The molecular formula is C16H26N2O2+2. The molecule has 0 amide bonds. The third kappa shape index (κ3) is 4.63. The Bertz CT molecular complexity index is 417. The summed E-state index contributed by atoms with van der Waals surface area (Å²) < 4.78 is 5.77. The van der Waals surface area contributed by atoms with Gasteiger partial charge in [0.15, 0.2) is 0 Å². The van der Waals surface area contributed by atoms with Crippen molar-refractivity contribution in [3.63, 3.8) is 0 Å². The normalized spacial score (nSPS) is 17.6. The highest BCUT2D eigenvalue weighted by molar-refractivity contribution is 5.34. The second-order valence-corrected chi connectivity index (χ2v) is 5.39. The first-order valence-corrected chi connectivity index (χ1v) is 7.44. The minimum absolute atomic E-state index is 0.362. The highest BCUT2D eigenvalue weighted by Gasteiger charge is 2.19. The molecule has 0 unspecified atom stereocenters. The van der Waals surface area contributed by atoms with Crippen molar-refractivity contribution in [2.24, 2.45) is 0 Å². The minimum Gasteiger partial charge on any atom is -0.490 e. The van der Waals surface area contributed by atoms with Crippen LogP contribution in [0.5, 0.6) is 5.75 Å². The first-order chi connectivity index (χ1) is 9.79. The van der Waals surface area contributed by atoms with Gasteiger partial charge in [0.05, 0.1) is 0 Å². The van der Waals surface area contributed by atoms with Gasteiger partial charge in [-0.2, -0.15) is 0 Å². The van der Waals surface area contributed by atoms with Gasteiger partial charge < -0.3 is 20.1 Å². The molecular weight excluding hydrogens is 252 g/mol. The fourth-order valence-electron chi connectivity index (χ4n) is 2.63. The van der Waals surface area contributed by atoms with E-state index in [1.807, 2.05) is 30.3 Å². The lowest BCUT2D eigenvalue weighted by atomic mass is 10.1. The summed E-state index contributed by atoms with van der Waals surface area (Å²) in [6, 6.07) is 7.94. The first-order valence-electron chi connectivity index (χ1n) is 7.44. The predicted molar refractivity (Wildman–Crippen MR) is 79.1 cm³/mol. The molecule has 1 fully saturated rings. The molecule has 1 aromatic carbocycles. The Labute approximate surface area is 121 Å². The van der Waals surface area contributed by atoms with Crippen LogP contribution in [0.1, 0.15) is 5.56 Å². The van der Waals surface area contributed by atoms with Gasteiger partial charge in [-0.05, 0) is 18.1 Å². The molecule has 4 heteroatoms. The number of piperazine rings is 1. The van der Waals surface area contributed by atoms with Crippen LogP contribution in [-0.2, 0) is 6.42 Å². The number of nitrogens with one attached hydrogen (secondary N) is 1. The SMILES string of the molecule is C=CCc1ccccc1OC[C@H](O)C[NH+]1CC[NH2+]CC1. The number of aliphatic hydroxyl groups is 1. The maximum Gasteiger partial charge on any atom is 0.137 e. The summed E-state index contributed by atoms with van der Waals surface area (Å²) in [4.78, 5) is 1.47. The first kappa shape index (κ1) is 15.0. The van der Waals surface area contributed by atoms with Crippen molar-refractivity contribution in [2.45, 2.75) is 12.5 Å². The number of para-hydroxylation sites is 1. The van der Waals surface area contributed by atoms with Gasteiger partial charge >= 0.3 is 0 Å². The fourth-order valence-corrected chi connectivity index (χ4v) is 2.63. The van der Waals surface area contributed by atoms with Crippen LogP contribution in [-0.4, -0.2) is 50.5 Å². The van der Waals surface area contributed by atoms with E-state index in [0.29, 0.717) is 6.61 Å². The van der Waals surface area contributed by atoms with Crippen molar-refractivity contribution in [3.8, 4) is 5.75 Å². The number of ether oxygens (including phenoxy) is 1. The van der Waals surface area contributed by atoms with E-state index in [2.05, 4.69) is 11.9 Å². The topological polar surface area (TPSA) is 50.5 Å². The van der Waals surface area contributed by atoms with Gasteiger partial charge in [0.25, 0.3) is 0 Å². The molecule has 4 nitrogen and oxygen atoms in total. The third-order valence-electron chi connectivity index (χ3n) is 3.70. The zero-order chi connectivity index (χ0) is 14.2. The molecule has 0 aromatic heterocycles. The molecule has 110 valence electrons. The van der Waals surface area contributed by atoms with Gasteiger partial charge in [-0.15, -0.1) is 6.58 Å². The van der Waals surface area contributed by atoms with Gasteiger partial charge in [-0.1, -0.05) is 24.3 Å². The quantitative estimate of drug-likeness (QED) is 0.538. The van der Waals surface area contributed by atoms with Gasteiger partial charge in [0, 0.05) is 0 Å². The molecule has 0 saturated carbocycles. The van der Waals surface area contributed by atoms with Crippen LogP contribution in [0.2, 0.25) is 0 Å². The van der Waals surface area contributed by atoms with E-state index in [4.69, 9.17) is 4.74 Å². The average molecular weight is 278 g/mol. The summed E-state index contributed by atoms with van der Waals surface area (Å²) in [6.07, 6.45) is 2.26. The highest BCUT2D eigenvalue weighted by Crippen LogP contribution is 2.18. The fraction of sp³-hybridized carbons (Fsp3) is 0.500. The number of quaternary nitrogens is 2. The zero-order valence-corrected chi connectivity index (χ0v) is 12.1. The number of hydrogen-bond donors (Lipinski definition) is 3. The largest absolute Gasteiger partial charge is 0.490 e. The molecule has 1 aliphatic heterocycles. The maximum atomic E-state index is 10.1. The molecule has 1 aliphatic rings. The summed E-state index contributed by atoms with van der Waals surface area (Å²) in [6.45, 7) is 9.47. The van der Waals surface area contributed by atoms with Crippen molar-refractivity contribution >= 4 is 0 Å². The second kappa shape index (κ2) is 8.04. The molecule has 1 heterocycles. The van der Waals surface area contributed by atoms with Crippen LogP contribution in [0.3, 0.4) is 0 Å². The summed E-state index contributed by atoms with van der Waals surface area (Å²) in [5.74, 6) is 0.855. The number of rotatable bonds is 7. The Kier molecular flexibility index (Phi) is 6.05. The molecule has 20 heavy (non-hydrogen) atoms. The molecule has 1 aromatic rings. The number of nitrogens with two attached hydrogens (primary N) is 1. The Balaban J connectivity index is 1.80. The van der Waals surface area contributed by atoms with E-state index in [1.54, 1.807) is 0 Å². The average Bonchev–Trinajstić information content (AvgIpc) is 2.48. The monoisotopic (exact) mass is 278 g/mol. The molecule has 1 saturated heterocycles. The Morgan fingerprint density at radius 1 is 1.35 bits per heavy atom. The van der Waals surface area contributed by atoms with E-state index >= 15 is 0 Å². The zero-order valence-electron chi connectivity index (χ0n) is 12.1. The lowest BCUT2D eigenvalue weighted by Gasteiger charge is -2.24. The van der Waals surface area contributed by atoms with Gasteiger partial charge in [0.1, 0.15) is 51.2 Å². The van der Waals surface area contributed by atoms with E-state index in [0.717, 1.165) is 50.5 Å². The maximum absolute atomic E-state index is 10.1. The summed E-state index contributed by atoms with van der Waals surface area (Å²) in [5.41, 5.74) is 1.12. The predicted octanol–water partition coefficient (Wildman–Crippen LogP) is -1.38. The lowest BCUT2D eigenvalue weighted by Crippen LogP contribution is -3.21. The van der Waals surface area contributed by atoms with E-state index in [-0.39, 0.29) is 0 Å². The molecule has 0 radical (unpaired) electrons. The summed E-state index contributed by atoms with van der Waals surface area (Å²) in [7, 11) is 0. The van der Waals surface area contributed by atoms with Crippen LogP contribution in [0, 0.1) is 0 Å². The smallest absolute Gasteiger partial charge is 0.137 e. The van der Waals surface area contributed by atoms with Crippen LogP contribution in [0.15, 0.2) is 36.9 Å². The van der Waals surface area contributed by atoms with Crippen LogP contribution in [0.4, 0.5) is 0 Å². The minimum atomic E-state index is -0.403. The molecule has 0 bridgehead atoms. The van der Waals surface area contributed by atoms with Gasteiger partial charge in [-0.25, -0.2) is 0 Å². The van der Waals surface area contributed by atoms with Gasteiger partial charge in [0.2, 0.25) is 0 Å². The van der Waals surface area contributed by atoms with Gasteiger partial charge in [-0.3, -0.25) is 0 Å². The number of allylic oxidation sites excluding steroid dienone is 1. The summed E-state index contributed by atoms with van der Waals surface area (Å²) in [5, 5.41) is 12.4. The molecule has 1 atom stereocenters. The lowest BCUT2D eigenvalue weighted by molar-refractivity contribution is -0.949. The second-order valence-electron chi connectivity index (χ2n) is 5.39. The van der Waals surface area contributed by atoms with Crippen molar-refractivity contribution in [2.75, 3.05) is 39.3 Å². The Morgan fingerprint density at radius 2 is 2.10 bits per heavy atom. The van der Waals surface area contributed by atoms with Crippen molar-refractivity contribution in [1.82, 2.24) is 0 Å². The van der Waals surface area contributed by atoms with E-state index < -0.39 is 6.10 Å². The number of benzene rings is 1. The van der Waals surface area contributed by atoms with Crippen molar-refractivity contribution in [1.29, 1.82) is 0 Å². The van der Waals surface area contributed by atoms with Crippen molar-refractivity contribution in [3.05, 3.63) is 42.5 Å². The van der Waals surface area contributed by atoms with Crippen LogP contribution < -0.4 is 15.0 Å². The molecule has 2 rings (SSSR count). The highest BCUT2D eigenvalue weighted by atomic mass is 16.5. The number of aliphatic hydroxyl groups excluding tert-OH is 1. The Morgan fingerprint density at radius 3 is 2.85 bits per heavy atom. The summed E-state index contributed by atoms with van der Waals surface area (Å²) >= 11 is 0. The van der Waals surface area contributed by atoms with E-state index in [1.165, 1.54) is 4.90 Å². The third-order valence-corrected chi connectivity index (χ3v) is 3.70. The van der Waals surface area contributed by atoms with Crippen LogP contribution in [0.25, 0.3) is 0 Å². The number of hydrogen-bond acceptors (Lipinski definition) is 2. The van der Waals surface area contributed by atoms with Crippen molar-refractivity contribution < 1.29 is 20.1 Å². The Hall–Kier alpha value is -1.36. The van der Waals surface area contributed by atoms with Crippen LogP contribution >= 0.6 is 0 Å². The molecule has 0 spiro atoms. The van der Waals surface area contributed by atoms with E-state index in [9.17, 15) is 5.11 Å². The molecule has 0 aliphatic carbocycles.